The molecule has 170 valence electrons. The van der Waals surface area contributed by atoms with Gasteiger partial charge in [0.2, 0.25) is 11.8 Å². The van der Waals surface area contributed by atoms with Gasteiger partial charge < -0.3 is 10.6 Å². The molecule has 1 saturated carbocycles. The van der Waals surface area contributed by atoms with Crippen LogP contribution in [-0.2, 0) is 9.59 Å². The molecular weight excluding hydrogens is 402 g/mol. The van der Waals surface area contributed by atoms with Gasteiger partial charge in [0.25, 0.3) is 5.91 Å². The molecule has 1 atom stereocenters. The SMILES string of the molecule is CC[C@@](C)(C(=O)NC1CCCC1)N(C(=O)CNC(=O)c1ccccc1)c1ccc(C)cc1. The first-order chi connectivity index (χ1) is 15.3. The van der Waals surface area contributed by atoms with Gasteiger partial charge in [-0.25, -0.2) is 0 Å². The Morgan fingerprint density at radius 2 is 1.62 bits per heavy atom. The van der Waals surface area contributed by atoms with Gasteiger partial charge in [-0.3, -0.25) is 19.3 Å². The Kier molecular flexibility index (Phi) is 7.67. The van der Waals surface area contributed by atoms with E-state index in [0.29, 0.717) is 17.7 Å². The lowest BCUT2D eigenvalue weighted by Gasteiger charge is -2.40. The van der Waals surface area contributed by atoms with E-state index in [1.807, 2.05) is 44.2 Å². The van der Waals surface area contributed by atoms with E-state index >= 15 is 0 Å². The van der Waals surface area contributed by atoms with E-state index < -0.39 is 5.54 Å². The molecule has 2 aromatic carbocycles. The minimum Gasteiger partial charge on any atom is -0.351 e. The zero-order valence-corrected chi connectivity index (χ0v) is 19.2. The highest BCUT2D eigenvalue weighted by molar-refractivity contribution is 6.06. The molecule has 0 aliphatic heterocycles. The number of hydrogen-bond donors (Lipinski definition) is 2. The summed E-state index contributed by atoms with van der Waals surface area (Å²) in [5.74, 6) is -0.810. The summed E-state index contributed by atoms with van der Waals surface area (Å²) < 4.78 is 0. The second-order valence-electron chi connectivity index (χ2n) is 8.70. The number of nitrogens with zero attached hydrogens (tertiary/aromatic N) is 1. The fourth-order valence-corrected chi connectivity index (χ4v) is 4.16. The van der Waals surface area contributed by atoms with E-state index in [4.69, 9.17) is 0 Å². The van der Waals surface area contributed by atoms with Crippen molar-refractivity contribution < 1.29 is 14.4 Å². The van der Waals surface area contributed by atoms with Crippen molar-refractivity contribution in [3.05, 3.63) is 65.7 Å². The zero-order chi connectivity index (χ0) is 23.1. The molecular formula is C26H33N3O3. The summed E-state index contributed by atoms with van der Waals surface area (Å²) in [4.78, 5) is 40.9. The zero-order valence-electron chi connectivity index (χ0n) is 19.2. The lowest BCUT2D eigenvalue weighted by molar-refractivity contribution is -0.130. The quantitative estimate of drug-likeness (QED) is 0.658. The highest BCUT2D eigenvalue weighted by Gasteiger charge is 2.42. The summed E-state index contributed by atoms with van der Waals surface area (Å²) in [5, 5.41) is 5.86. The minimum absolute atomic E-state index is 0.154. The number of benzene rings is 2. The average molecular weight is 436 g/mol. The Hall–Kier alpha value is -3.15. The molecule has 0 aromatic heterocycles. The summed E-state index contributed by atoms with van der Waals surface area (Å²) in [6.45, 7) is 5.48. The molecule has 0 bridgehead atoms. The van der Waals surface area contributed by atoms with Gasteiger partial charge in [0.15, 0.2) is 0 Å². The van der Waals surface area contributed by atoms with Gasteiger partial charge in [-0.05, 0) is 57.4 Å². The first-order valence-electron chi connectivity index (χ1n) is 11.4. The van der Waals surface area contributed by atoms with Crippen molar-refractivity contribution in [2.24, 2.45) is 0 Å². The summed E-state index contributed by atoms with van der Waals surface area (Å²) in [6.07, 6.45) is 4.60. The highest BCUT2D eigenvalue weighted by Crippen LogP contribution is 2.29. The van der Waals surface area contributed by atoms with E-state index in [9.17, 15) is 14.4 Å². The van der Waals surface area contributed by atoms with Crippen molar-refractivity contribution in [3.8, 4) is 0 Å². The maximum Gasteiger partial charge on any atom is 0.251 e. The van der Waals surface area contributed by atoms with Crippen LogP contribution < -0.4 is 15.5 Å². The summed E-state index contributed by atoms with van der Waals surface area (Å²) >= 11 is 0. The van der Waals surface area contributed by atoms with Crippen molar-refractivity contribution in [2.45, 2.75) is 64.5 Å². The Labute approximate surface area is 190 Å². The number of aryl methyl sites for hydroxylation is 1. The van der Waals surface area contributed by atoms with Gasteiger partial charge in [0.1, 0.15) is 5.54 Å². The molecule has 0 saturated heterocycles. The minimum atomic E-state index is -1.08. The summed E-state index contributed by atoms with van der Waals surface area (Å²) in [6, 6.07) is 16.5. The van der Waals surface area contributed by atoms with E-state index in [1.165, 1.54) is 0 Å². The Morgan fingerprint density at radius 1 is 1.00 bits per heavy atom. The average Bonchev–Trinajstić information content (AvgIpc) is 3.32. The van der Waals surface area contributed by atoms with Crippen LogP contribution in [0.3, 0.4) is 0 Å². The third kappa shape index (κ3) is 5.36. The van der Waals surface area contributed by atoms with Crippen LogP contribution in [0.1, 0.15) is 61.9 Å². The molecule has 32 heavy (non-hydrogen) atoms. The molecule has 0 spiro atoms. The Balaban J connectivity index is 1.84. The molecule has 1 fully saturated rings. The monoisotopic (exact) mass is 435 g/mol. The maximum absolute atomic E-state index is 13.4. The molecule has 6 nitrogen and oxygen atoms in total. The lowest BCUT2D eigenvalue weighted by Crippen LogP contribution is -2.61. The Bertz CT molecular complexity index is 937. The van der Waals surface area contributed by atoms with Crippen LogP contribution in [0.25, 0.3) is 0 Å². The number of nitrogens with one attached hydrogen (secondary N) is 2. The van der Waals surface area contributed by atoms with E-state index in [0.717, 1.165) is 31.2 Å². The second kappa shape index (κ2) is 10.4. The first-order valence-corrected chi connectivity index (χ1v) is 11.4. The number of rotatable bonds is 8. The van der Waals surface area contributed by atoms with Gasteiger partial charge in [0, 0.05) is 17.3 Å². The van der Waals surface area contributed by atoms with Crippen LogP contribution in [-0.4, -0.2) is 35.8 Å². The molecule has 2 aromatic rings. The van der Waals surface area contributed by atoms with Crippen molar-refractivity contribution in [1.82, 2.24) is 10.6 Å². The molecule has 6 heteroatoms. The molecule has 3 amide bonds. The van der Waals surface area contributed by atoms with Crippen LogP contribution in [0.4, 0.5) is 5.69 Å². The van der Waals surface area contributed by atoms with Crippen LogP contribution in [0.5, 0.6) is 0 Å². The van der Waals surface area contributed by atoms with Crippen LogP contribution in [0.2, 0.25) is 0 Å². The van der Waals surface area contributed by atoms with E-state index in [2.05, 4.69) is 10.6 Å². The van der Waals surface area contributed by atoms with Gasteiger partial charge in [0.05, 0.1) is 6.54 Å². The Morgan fingerprint density at radius 3 is 2.22 bits per heavy atom. The van der Waals surface area contributed by atoms with Gasteiger partial charge in [-0.1, -0.05) is 55.7 Å². The van der Waals surface area contributed by atoms with Crippen molar-refractivity contribution in [3.63, 3.8) is 0 Å². The fourth-order valence-electron chi connectivity index (χ4n) is 4.16. The summed E-state index contributed by atoms with van der Waals surface area (Å²) in [7, 11) is 0. The smallest absolute Gasteiger partial charge is 0.251 e. The predicted octanol–water partition coefficient (Wildman–Crippen LogP) is 3.99. The topological polar surface area (TPSA) is 78.5 Å². The standard InChI is InChI=1S/C26H33N3O3/c1-4-26(3,25(32)28-21-12-8-9-13-21)29(22-16-14-19(2)15-17-22)23(30)18-27-24(31)20-10-6-5-7-11-20/h5-7,10-11,14-17,21H,4,8-9,12-13,18H2,1-3H3,(H,27,31)(H,28,32)/t26-/m0/s1. The number of carbonyl (C=O) groups excluding carboxylic acids is 3. The van der Waals surface area contributed by atoms with Crippen molar-refractivity contribution >= 4 is 23.4 Å². The van der Waals surface area contributed by atoms with Crippen LogP contribution in [0, 0.1) is 6.92 Å². The number of amides is 3. The van der Waals surface area contributed by atoms with E-state index in [-0.39, 0.29) is 30.3 Å². The second-order valence-corrected chi connectivity index (χ2v) is 8.70. The molecule has 1 aliphatic carbocycles. The van der Waals surface area contributed by atoms with Crippen LogP contribution >= 0.6 is 0 Å². The molecule has 0 heterocycles. The van der Waals surface area contributed by atoms with Crippen molar-refractivity contribution in [1.29, 1.82) is 0 Å². The molecule has 0 radical (unpaired) electrons. The van der Waals surface area contributed by atoms with Gasteiger partial charge in [-0.15, -0.1) is 0 Å². The fraction of sp³-hybridized carbons (Fsp3) is 0.423. The molecule has 2 N–H and O–H groups in total. The highest BCUT2D eigenvalue weighted by atomic mass is 16.2. The normalized spacial score (nSPS) is 15.6. The third-order valence-electron chi connectivity index (χ3n) is 6.34. The molecule has 0 unspecified atom stereocenters. The predicted molar refractivity (Wildman–Crippen MR) is 127 cm³/mol. The lowest BCUT2D eigenvalue weighted by atomic mass is 9.93. The number of anilines is 1. The summed E-state index contributed by atoms with van der Waals surface area (Å²) in [5.41, 5.74) is 1.11. The van der Waals surface area contributed by atoms with Gasteiger partial charge in [-0.2, -0.15) is 0 Å². The number of hydrogen-bond acceptors (Lipinski definition) is 3. The first kappa shape index (κ1) is 23.5. The number of carbonyl (C=O) groups is 3. The molecule has 3 rings (SSSR count). The maximum atomic E-state index is 13.4. The molecule has 1 aliphatic rings. The largest absolute Gasteiger partial charge is 0.351 e. The van der Waals surface area contributed by atoms with Gasteiger partial charge >= 0.3 is 0 Å². The van der Waals surface area contributed by atoms with E-state index in [1.54, 1.807) is 36.1 Å². The van der Waals surface area contributed by atoms with Crippen molar-refractivity contribution in [2.75, 3.05) is 11.4 Å². The van der Waals surface area contributed by atoms with Crippen LogP contribution in [0.15, 0.2) is 54.6 Å². The third-order valence-corrected chi connectivity index (χ3v) is 6.34.